The van der Waals surface area contributed by atoms with Crippen LogP contribution in [0.1, 0.15) is 27.3 Å². The molecular weight excluding hydrogens is 286 g/mol. The van der Waals surface area contributed by atoms with Gasteiger partial charge in [0.15, 0.2) is 0 Å². The number of benzene rings is 1. The van der Waals surface area contributed by atoms with E-state index >= 15 is 0 Å². The summed E-state index contributed by atoms with van der Waals surface area (Å²) in [4.78, 5) is 15.1. The van der Waals surface area contributed by atoms with Gasteiger partial charge in [0.2, 0.25) is 0 Å². The molecule has 1 N–H and O–H groups in total. The molecule has 0 aliphatic carbocycles. The predicted molar refractivity (Wildman–Crippen MR) is 83.4 cm³/mol. The predicted octanol–water partition coefficient (Wildman–Crippen LogP) is 3.38. The summed E-state index contributed by atoms with van der Waals surface area (Å²) in [5.41, 5.74) is 1.95. The Morgan fingerprint density at radius 3 is 2.90 bits per heavy atom. The van der Waals surface area contributed by atoms with Gasteiger partial charge in [0, 0.05) is 11.9 Å². The van der Waals surface area contributed by atoms with E-state index in [4.69, 9.17) is 5.11 Å². The molecule has 0 amide bonds. The zero-order chi connectivity index (χ0) is 14.8. The van der Waals surface area contributed by atoms with Crippen LogP contribution in [-0.2, 0) is 6.54 Å². The number of aromatic carboxylic acids is 1. The van der Waals surface area contributed by atoms with Crippen LogP contribution in [0.4, 0.5) is 0 Å². The van der Waals surface area contributed by atoms with Crippen molar-refractivity contribution in [1.29, 1.82) is 0 Å². The molecule has 3 rings (SSSR count). The Morgan fingerprint density at radius 1 is 1.38 bits per heavy atom. The summed E-state index contributed by atoms with van der Waals surface area (Å²) in [5.74, 6) is -0.951. The molecule has 2 aromatic heterocycles. The van der Waals surface area contributed by atoms with E-state index in [0.717, 1.165) is 34.5 Å². The van der Waals surface area contributed by atoms with Crippen molar-refractivity contribution in [3.05, 3.63) is 46.0 Å². The minimum Gasteiger partial charge on any atom is -0.477 e. The molecule has 0 spiro atoms. The number of carboxylic acids is 1. The lowest BCUT2D eigenvalue weighted by molar-refractivity contribution is 0.0702. The highest BCUT2D eigenvalue weighted by Crippen LogP contribution is 2.21. The Kier molecular flexibility index (Phi) is 3.53. The highest BCUT2D eigenvalue weighted by atomic mass is 32.1. The van der Waals surface area contributed by atoms with Gasteiger partial charge in [0.1, 0.15) is 9.88 Å². The number of aromatic nitrogens is 3. The van der Waals surface area contributed by atoms with Gasteiger partial charge < -0.3 is 5.11 Å². The summed E-state index contributed by atoms with van der Waals surface area (Å²) < 4.78 is 1.94. The van der Waals surface area contributed by atoms with Crippen LogP contribution in [0, 0.1) is 0 Å². The SMILES string of the molecule is CCn1nc(/C=C/c2ncc(C(=O)O)s2)c2ccccc21. The van der Waals surface area contributed by atoms with Gasteiger partial charge in [-0.25, -0.2) is 9.78 Å². The van der Waals surface area contributed by atoms with E-state index in [0.29, 0.717) is 5.01 Å². The van der Waals surface area contributed by atoms with Gasteiger partial charge in [-0.2, -0.15) is 5.10 Å². The summed E-state index contributed by atoms with van der Waals surface area (Å²) in [6.07, 6.45) is 5.04. The Bertz CT molecular complexity index is 832. The molecule has 0 atom stereocenters. The van der Waals surface area contributed by atoms with Crippen LogP contribution < -0.4 is 0 Å². The van der Waals surface area contributed by atoms with Crippen molar-refractivity contribution in [1.82, 2.24) is 14.8 Å². The second-order valence-corrected chi connectivity index (χ2v) is 5.48. The molecule has 1 aromatic carbocycles. The van der Waals surface area contributed by atoms with Crippen molar-refractivity contribution in [2.45, 2.75) is 13.5 Å². The van der Waals surface area contributed by atoms with Crippen LogP contribution in [0.5, 0.6) is 0 Å². The Morgan fingerprint density at radius 2 is 2.19 bits per heavy atom. The van der Waals surface area contributed by atoms with Crippen LogP contribution in [0.2, 0.25) is 0 Å². The maximum Gasteiger partial charge on any atom is 0.347 e. The quantitative estimate of drug-likeness (QED) is 0.802. The van der Waals surface area contributed by atoms with E-state index in [1.165, 1.54) is 6.20 Å². The average Bonchev–Trinajstić information content (AvgIpc) is 3.10. The third-order valence-electron chi connectivity index (χ3n) is 3.10. The van der Waals surface area contributed by atoms with Crippen LogP contribution >= 0.6 is 11.3 Å². The lowest BCUT2D eigenvalue weighted by atomic mass is 10.2. The third kappa shape index (κ3) is 2.57. The molecule has 0 unspecified atom stereocenters. The van der Waals surface area contributed by atoms with Gasteiger partial charge in [-0.3, -0.25) is 4.68 Å². The average molecular weight is 299 g/mol. The lowest BCUT2D eigenvalue weighted by Gasteiger charge is -1.95. The number of carbonyl (C=O) groups is 1. The van der Waals surface area contributed by atoms with Crippen molar-refractivity contribution < 1.29 is 9.90 Å². The molecule has 6 heteroatoms. The molecule has 5 nitrogen and oxygen atoms in total. The highest BCUT2D eigenvalue weighted by Gasteiger charge is 2.08. The van der Waals surface area contributed by atoms with Crippen molar-refractivity contribution in [2.24, 2.45) is 0 Å². The molecule has 0 radical (unpaired) electrons. The number of rotatable bonds is 4. The molecule has 2 heterocycles. The summed E-state index contributed by atoms with van der Waals surface area (Å²) in [6, 6.07) is 8.03. The highest BCUT2D eigenvalue weighted by molar-refractivity contribution is 7.14. The van der Waals surface area contributed by atoms with Gasteiger partial charge in [-0.05, 0) is 25.1 Å². The molecule has 0 fully saturated rings. The fraction of sp³-hybridized carbons (Fsp3) is 0.133. The Hall–Kier alpha value is -2.47. The van der Waals surface area contributed by atoms with E-state index < -0.39 is 5.97 Å². The van der Waals surface area contributed by atoms with Gasteiger partial charge >= 0.3 is 5.97 Å². The number of carboxylic acid groups (broad SMARTS) is 1. The number of thiazole rings is 1. The molecule has 0 bridgehead atoms. The van der Waals surface area contributed by atoms with Gasteiger partial charge in [-0.1, -0.05) is 18.2 Å². The summed E-state index contributed by atoms with van der Waals surface area (Å²) in [7, 11) is 0. The molecule has 3 aromatic rings. The zero-order valence-corrected chi connectivity index (χ0v) is 12.2. The second kappa shape index (κ2) is 5.49. The first-order chi connectivity index (χ1) is 10.2. The molecule has 21 heavy (non-hydrogen) atoms. The van der Waals surface area contributed by atoms with Gasteiger partial charge in [-0.15, -0.1) is 11.3 Å². The van der Waals surface area contributed by atoms with Gasteiger partial charge in [0.25, 0.3) is 0 Å². The summed E-state index contributed by atoms with van der Waals surface area (Å²) in [5, 5.41) is 15.2. The topological polar surface area (TPSA) is 68.0 Å². The number of hydrogen-bond acceptors (Lipinski definition) is 4. The van der Waals surface area contributed by atoms with Crippen LogP contribution in [0.25, 0.3) is 23.1 Å². The number of nitrogens with zero attached hydrogens (tertiary/aromatic N) is 3. The number of fused-ring (bicyclic) bond motifs is 1. The number of hydrogen-bond donors (Lipinski definition) is 1. The van der Waals surface area contributed by atoms with Crippen molar-refractivity contribution >= 4 is 40.4 Å². The van der Waals surface area contributed by atoms with Crippen LogP contribution in [0.3, 0.4) is 0 Å². The first-order valence-electron chi connectivity index (χ1n) is 6.52. The minimum atomic E-state index is -0.951. The smallest absolute Gasteiger partial charge is 0.347 e. The van der Waals surface area contributed by atoms with Crippen molar-refractivity contribution in [3.8, 4) is 0 Å². The first kappa shape index (κ1) is 13.5. The first-order valence-corrected chi connectivity index (χ1v) is 7.33. The molecule has 106 valence electrons. The fourth-order valence-electron chi connectivity index (χ4n) is 2.13. The van der Waals surface area contributed by atoms with Crippen LogP contribution in [-0.4, -0.2) is 25.8 Å². The van der Waals surface area contributed by atoms with Crippen LogP contribution in [0.15, 0.2) is 30.5 Å². The van der Waals surface area contributed by atoms with Crippen molar-refractivity contribution in [2.75, 3.05) is 0 Å². The maximum atomic E-state index is 10.8. The molecule has 0 aliphatic rings. The minimum absolute atomic E-state index is 0.235. The summed E-state index contributed by atoms with van der Waals surface area (Å²) >= 11 is 1.15. The Labute approximate surface area is 125 Å². The van der Waals surface area contributed by atoms with E-state index in [-0.39, 0.29) is 4.88 Å². The van der Waals surface area contributed by atoms with E-state index in [2.05, 4.69) is 10.1 Å². The normalized spacial score (nSPS) is 11.5. The number of aryl methyl sites for hydroxylation is 1. The van der Waals surface area contributed by atoms with E-state index in [9.17, 15) is 4.79 Å². The third-order valence-corrected chi connectivity index (χ3v) is 4.05. The lowest BCUT2D eigenvalue weighted by Crippen LogP contribution is -1.95. The molecule has 0 saturated carbocycles. The second-order valence-electron chi connectivity index (χ2n) is 4.42. The van der Waals surface area contributed by atoms with Crippen molar-refractivity contribution in [3.63, 3.8) is 0 Å². The largest absolute Gasteiger partial charge is 0.477 e. The number of para-hydroxylation sites is 1. The zero-order valence-electron chi connectivity index (χ0n) is 11.4. The maximum absolute atomic E-state index is 10.8. The monoisotopic (exact) mass is 299 g/mol. The fourth-order valence-corrected chi connectivity index (χ4v) is 2.79. The standard InChI is InChI=1S/C15H13N3O2S/c1-2-18-12-6-4-3-5-10(12)11(17-18)7-8-14-16-9-13(21-14)15(19)20/h3-9H,2H2,1H3,(H,19,20)/b8-7+. The molecule has 0 aliphatic heterocycles. The summed E-state index contributed by atoms with van der Waals surface area (Å²) in [6.45, 7) is 2.85. The van der Waals surface area contributed by atoms with E-state index in [1.54, 1.807) is 6.08 Å². The van der Waals surface area contributed by atoms with Gasteiger partial charge in [0.05, 0.1) is 17.4 Å². The molecule has 0 saturated heterocycles. The molecular formula is C15H13N3O2S. The Balaban J connectivity index is 1.97. The van der Waals surface area contributed by atoms with E-state index in [1.807, 2.05) is 41.9 Å².